The predicted octanol–water partition coefficient (Wildman–Crippen LogP) is 2.00. The highest BCUT2D eigenvalue weighted by Gasteiger charge is 2.28. The minimum Gasteiger partial charge on any atom is -0.618 e. The Morgan fingerprint density at radius 3 is 2.86 bits per heavy atom. The Labute approximate surface area is 127 Å². The summed E-state index contributed by atoms with van der Waals surface area (Å²) >= 11 is 0. The molecule has 4 rings (SSSR count). The van der Waals surface area contributed by atoms with E-state index in [0.717, 1.165) is 22.9 Å². The molecule has 0 saturated heterocycles. The molecular weight excluding hydrogens is 278 g/mol. The molecule has 0 fully saturated rings. The van der Waals surface area contributed by atoms with Crippen molar-refractivity contribution in [2.24, 2.45) is 0 Å². The Morgan fingerprint density at radius 1 is 1.18 bits per heavy atom. The number of amides is 1. The molecule has 0 unspecified atom stereocenters. The number of hydrogen-bond donors (Lipinski definition) is 1. The van der Waals surface area contributed by atoms with E-state index in [2.05, 4.69) is 11.1 Å². The topological polar surface area (TPSA) is 63.0 Å². The fourth-order valence-corrected chi connectivity index (χ4v) is 3.10. The Hall–Kier alpha value is -2.82. The van der Waals surface area contributed by atoms with E-state index in [9.17, 15) is 10.0 Å². The molecule has 110 valence electrons. The molecule has 1 amide bonds. The SMILES string of the molecule is O=C(c1cccc[n+]1[O-])N1CCc2[nH]c3ccccc3c2C1. The lowest BCUT2D eigenvalue weighted by Gasteiger charge is -2.26. The number of rotatable bonds is 1. The van der Waals surface area contributed by atoms with Crippen LogP contribution in [0.2, 0.25) is 0 Å². The quantitative estimate of drug-likeness (QED) is 0.551. The van der Waals surface area contributed by atoms with E-state index in [-0.39, 0.29) is 11.6 Å². The minimum atomic E-state index is -0.216. The Morgan fingerprint density at radius 2 is 2.00 bits per heavy atom. The second-order valence-corrected chi connectivity index (χ2v) is 5.52. The zero-order valence-electron chi connectivity index (χ0n) is 12.0. The Kier molecular flexibility index (Phi) is 2.85. The highest BCUT2D eigenvalue weighted by Crippen LogP contribution is 2.27. The first-order valence-electron chi connectivity index (χ1n) is 7.30. The smallest absolute Gasteiger partial charge is 0.320 e. The lowest BCUT2D eigenvalue weighted by Crippen LogP contribution is -2.43. The molecule has 0 saturated carbocycles. The molecule has 0 radical (unpaired) electrons. The highest BCUT2D eigenvalue weighted by molar-refractivity contribution is 5.92. The molecule has 0 bridgehead atoms. The van der Waals surface area contributed by atoms with Crippen LogP contribution >= 0.6 is 0 Å². The van der Waals surface area contributed by atoms with Crippen LogP contribution in [0.3, 0.4) is 0 Å². The van der Waals surface area contributed by atoms with Crippen molar-refractivity contribution in [2.75, 3.05) is 6.54 Å². The van der Waals surface area contributed by atoms with Gasteiger partial charge < -0.3 is 15.1 Å². The summed E-state index contributed by atoms with van der Waals surface area (Å²) in [6.45, 7) is 1.15. The minimum absolute atomic E-state index is 0.172. The third-order valence-electron chi connectivity index (χ3n) is 4.21. The summed E-state index contributed by atoms with van der Waals surface area (Å²) in [6, 6.07) is 13.0. The first kappa shape index (κ1) is 12.9. The van der Waals surface area contributed by atoms with Crippen LogP contribution in [0.1, 0.15) is 21.7 Å². The third kappa shape index (κ3) is 1.94. The zero-order valence-corrected chi connectivity index (χ0v) is 12.0. The normalized spacial score (nSPS) is 14.1. The van der Waals surface area contributed by atoms with Crippen molar-refractivity contribution in [1.82, 2.24) is 9.88 Å². The highest BCUT2D eigenvalue weighted by atomic mass is 16.5. The standard InChI is InChI=1S/C17H15N3O2/c21-17(16-7-3-4-9-20(16)22)19-10-8-15-13(11-19)12-5-1-2-6-14(12)18-15/h1-7,9,18H,8,10-11H2. The van der Waals surface area contributed by atoms with Gasteiger partial charge in [0, 0.05) is 53.8 Å². The van der Waals surface area contributed by atoms with Crippen molar-refractivity contribution >= 4 is 16.8 Å². The average Bonchev–Trinajstić information content (AvgIpc) is 2.92. The second kappa shape index (κ2) is 4.87. The largest absolute Gasteiger partial charge is 0.618 e. The first-order valence-corrected chi connectivity index (χ1v) is 7.30. The molecule has 0 spiro atoms. The van der Waals surface area contributed by atoms with E-state index < -0.39 is 0 Å². The maximum atomic E-state index is 12.6. The fourth-order valence-electron chi connectivity index (χ4n) is 3.10. The van der Waals surface area contributed by atoms with Gasteiger partial charge in [-0.25, -0.2) is 0 Å². The lowest BCUT2D eigenvalue weighted by atomic mass is 10.0. The van der Waals surface area contributed by atoms with Gasteiger partial charge in [-0.15, -0.1) is 0 Å². The fraction of sp³-hybridized carbons (Fsp3) is 0.176. The van der Waals surface area contributed by atoms with Crippen LogP contribution in [0.25, 0.3) is 10.9 Å². The number of aromatic amines is 1. The zero-order chi connectivity index (χ0) is 15.1. The van der Waals surface area contributed by atoms with Crippen LogP contribution in [-0.4, -0.2) is 22.3 Å². The van der Waals surface area contributed by atoms with E-state index in [1.54, 1.807) is 23.1 Å². The van der Waals surface area contributed by atoms with Gasteiger partial charge in [0.05, 0.1) is 0 Å². The third-order valence-corrected chi connectivity index (χ3v) is 4.21. The number of nitrogens with zero attached hydrogens (tertiary/aromatic N) is 2. The van der Waals surface area contributed by atoms with Gasteiger partial charge in [0.25, 0.3) is 5.69 Å². The monoisotopic (exact) mass is 293 g/mol. The van der Waals surface area contributed by atoms with Crippen molar-refractivity contribution < 1.29 is 9.52 Å². The van der Waals surface area contributed by atoms with Crippen molar-refractivity contribution in [3.63, 3.8) is 0 Å². The molecule has 0 atom stereocenters. The number of carbonyl (C=O) groups excluding carboxylic acids is 1. The molecule has 2 aromatic heterocycles. The molecule has 5 nitrogen and oxygen atoms in total. The number of H-pyrrole nitrogens is 1. The summed E-state index contributed by atoms with van der Waals surface area (Å²) < 4.78 is 0.632. The van der Waals surface area contributed by atoms with E-state index in [1.807, 2.05) is 18.2 Å². The number of carbonyl (C=O) groups is 1. The van der Waals surface area contributed by atoms with Gasteiger partial charge in [-0.3, -0.25) is 4.79 Å². The molecule has 1 aromatic carbocycles. The summed E-state index contributed by atoms with van der Waals surface area (Å²) in [6.07, 6.45) is 2.13. The molecule has 1 aliphatic heterocycles. The number of pyridine rings is 1. The van der Waals surface area contributed by atoms with E-state index in [4.69, 9.17) is 0 Å². The Bertz CT molecular complexity index is 869. The predicted molar refractivity (Wildman–Crippen MR) is 82.1 cm³/mol. The molecule has 1 aliphatic rings. The number of nitrogens with one attached hydrogen (secondary N) is 1. The maximum absolute atomic E-state index is 12.6. The van der Waals surface area contributed by atoms with Crippen LogP contribution in [0.4, 0.5) is 0 Å². The van der Waals surface area contributed by atoms with Gasteiger partial charge >= 0.3 is 5.91 Å². The van der Waals surface area contributed by atoms with Crippen LogP contribution < -0.4 is 4.73 Å². The van der Waals surface area contributed by atoms with Crippen molar-refractivity contribution in [3.05, 3.63) is 70.8 Å². The van der Waals surface area contributed by atoms with E-state index in [1.165, 1.54) is 11.9 Å². The van der Waals surface area contributed by atoms with Crippen LogP contribution in [0.5, 0.6) is 0 Å². The summed E-state index contributed by atoms with van der Waals surface area (Å²) in [5.41, 5.74) is 3.61. The number of benzene rings is 1. The molecule has 22 heavy (non-hydrogen) atoms. The number of hydrogen-bond acceptors (Lipinski definition) is 2. The van der Waals surface area contributed by atoms with Crippen molar-refractivity contribution in [1.29, 1.82) is 0 Å². The molecule has 1 N–H and O–H groups in total. The van der Waals surface area contributed by atoms with Gasteiger partial charge in [0.15, 0.2) is 6.20 Å². The van der Waals surface area contributed by atoms with Crippen molar-refractivity contribution in [2.45, 2.75) is 13.0 Å². The number of para-hydroxylation sites is 1. The average molecular weight is 293 g/mol. The van der Waals surface area contributed by atoms with Crippen LogP contribution in [0, 0.1) is 5.21 Å². The molecular formula is C17H15N3O2. The Balaban J connectivity index is 1.70. The lowest BCUT2D eigenvalue weighted by molar-refractivity contribution is -0.608. The summed E-state index contributed by atoms with van der Waals surface area (Å²) in [5, 5.41) is 12.9. The molecule has 3 heterocycles. The van der Waals surface area contributed by atoms with Gasteiger partial charge in [-0.2, -0.15) is 4.73 Å². The number of aromatic nitrogens is 2. The van der Waals surface area contributed by atoms with E-state index in [0.29, 0.717) is 17.8 Å². The van der Waals surface area contributed by atoms with Crippen LogP contribution in [-0.2, 0) is 13.0 Å². The van der Waals surface area contributed by atoms with Gasteiger partial charge in [0.1, 0.15) is 0 Å². The van der Waals surface area contributed by atoms with Crippen molar-refractivity contribution in [3.8, 4) is 0 Å². The summed E-state index contributed by atoms with van der Waals surface area (Å²) in [4.78, 5) is 17.7. The molecule has 0 aliphatic carbocycles. The van der Waals surface area contributed by atoms with Gasteiger partial charge in [0.2, 0.25) is 0 Å². The van der Waals surface area contributed by atoms with Gasteiger partial charge in [-0.05, 0) is 12.1 Å². The van der Waals surface area contributed by atoms with Crippen LogP contribution in [0.15, 0.2) is 48.7 Å². The van der Waals surface area contributed by atoms with E-state index >= 15 is 0 Å². The first-order chi connectivity index (χ1) is 10.7. The molecule has 3 aromatic rings. The van der Waals surface area contributed by atoms with Gasteiger partial charge in [-0.1, -0.05) is 18.2 Å². The number of fused-ring (bicyclic) bond motifs is 3. The second-order valence-electron chi connectivity index (χ2n) is 5.52. The summed E-state index contributed by atoms with van der Waals surface area (Å²) in [7, 11) is 0. The molecule has 5 heteroatoms. The maximum Gasteiger partial charge on any atom is 0.320 e. The summed E-state index contributed by atoms with van der Waals surface area (Å²) in [5.74, 6) is -0.216.